The molecule has 2 aliphatic heterocycles. The predicted molar refractivity (Wildman–Crippen MR) is 131 cm³/mol. The summed E-state index contributed by atoms with van der Waals surface area (Å²) in [4.78, 5) is 27.9. The van der Waals surface area contributed by atoms with Gasteiger partial charge in [0.05, 0.1) is 24.6 Å². The van der Waals surface area contributed by atoms with E-state index < -0.39 is 5.82 Å². The van der Waals surface area contributed by atoms with E-state index in [-0.39, 0.29) is 23.6 Å². The zero-order valence-corrected chi connectivity index (χ0v) is 20.0. The lowest BCUT2D eigenvalue weighted by atomic mass is 10.0. The predicted octanol–water partition coefficient (Wildman–Crippen LogP) is 3.90. The van der Waals surface area contributed by atoms with E-state index in [2.05, 4.69) is 29.7 Å². The number of imidazole rings is 1. The zero-order chi connectivity index (χ0) is 24.2. The number of likely N-dealkylation sites (tertiary alicyclic amines) is 1. The number of ketones is 1. The van der Waals surface area contributed by atoms with Crippen LogP contribution in [0.5, 0.6) is 0 Å². The summed E-state index contributed by atoms with van der Waals surface area (Å²) in [5.74, 6) is 0.937. The number of hydrogen-bond acceptors (Lipinski definition) is 7. The first-order valence-electron chi connectivity index (χ1n) is 12.3. The summed E-state index contributed by atoms with van der Waals surface area (Å²) in [6.07, 6.45) is 6.38. The van der Waals surface area contributed by atoms with Crippen LogP contribution >= 0.6 is 0 Å². The van der Waals surface area contributed by atoms with Crippen LogP contribution in [0.4, 0.5) is 10.3 Å². The summed E-state index contributed by atoms with van der Waals surface area (Å²) >= 11 is 0. The molecule has 2 fully saturated rings. The second-order valence-electron chi connectivity index (χ2n) is 9.28. The lowest BCUT2D eigenvalue weighted by Crippen LogP contribution is -2.41. The topological polar surface area (TPSA) is 85.2 Å². The van der Waals surface area contributed by atoms with Crippen LogP contribution in [0.25, 0.3) is 11.4 Å². The van der Waals surface area contributed by atoms with Gasteiger partial charge in [-0.15, -0.1) is 0 Å². The zero-order valence-electron chi connectivity index (χ0n) is 20.0. The lowest BCUT2D eigenvalue weighted by molar-refractivity contribution is 0.0694. The molecule has 0 amide bonds. The molecule has 3 aromatic rings. The maximum Gasteiger partial charge on any atom is 0.223 e. The Balaban J connectivity index is 1.23. The van der Waals surface area contributed by atoms with Gasteiger partial charge in [0, 0.05) is 44.0 Å². The molecule has 0 saturated carbocycles. The van der Waals surface area contributed by atoms with Crippen molar-refractivity contribution in [3.05, 3.63) is 59.9 Å². The van der Waals surface area contributed by atoms with E-state index >= 15 is 0 Å². The van der Waals surface area contributed by atoms with Gasteiger partial charge < -0.3 is 14.6 Å². The molecule has 35 heavy (non-hydrogen) atoms. The van der Waals surface area contributed by atoms with E-state index in [0.717, 1.165) is 50.2 Å². The fourth-order valence-corrected chi connectivity index (χ4v) is 4.99. The van der Waals surface area contributed by atoms with Crippen molar-refractivity contribution in [1.82, 2.24) is 24.4 Å². The van der Waals surface area contributed by atoms with Crippen LogP contribution in [0, 0.1) is 12.7 Å². The number of aryl methyl sites for hydroxylation is 1. The molecule has 2 saturated heterocycles. The van der Waals surface area contributed by atoms with Gasteiger partial charge in [-0.3, -0.25) is 9.69 Å². The largest absolute Gasteiger partial charge is 0.381 e. The molecule has 1 aromatic carbocycles. The first-order valence-corrected chi connectivity index (χ1v) is 12.3. The number of carbonyl (C=O) groups is 1. The molecule has 0 bridgehead atoms. The first kappa shape index (κ1) is 23.6. The molecule has 2 aliphatic rings. The van der Waals surface area contributed by atoms with E-state index in [0.29, 0.717) is 31.4 Å². The Bertz CT molecular complexity index is 1150. The minimum absolute atomic E-state index is 0.139. The van der Waals surface area contributed by atoms with Crippen LogP contribution < -0.4 is 5.32 Å². The summed E-state index contributed by atoms with van der Waals surface area (Å²) in [5.41, 5.74) is 1.68. The molecule has 0 aliphatic carbocycles. The molecule has 0 atom stereocenters. The third kappa shape index (κ3) is 5.41. The molecular weight excluding hydrogens is 447 g/mol. The van der Waals surface area contributed by atoms with Crippen molar-refractivity contribution in [3.63, 3.8) is 0 Å². The summed E-state index contributed by atoms with van der Waals surface area (Å²) < 4.78 is 22.4. The number of hydrogen-bond donors (Lipinski definition) is 1. The average Bonchev–Trinajstić information content (AvgIpc) is 3.28. The molecule has 0 unspecified atom stereocenters. The Morgan fingerprint density at radius 2 is 1.83 bits per heavy atom. The Hall–Kier alpha value is -3.17. The minimum Gasteiger partial charge on any atom is -0.381 e. The van der Waals surface area contributed by atoms with E-state index in [9.17, 15) is 9.18 Å². The Kier molecular flexibility index (Phi) is 7.15. The number of benzene rings is 1. The number of rotatable bonds is 7. The number of aromatic nitrogens is 4. The van der Waals surface area contributed by atoms with Crippen molar-refractivity contribution >= 4 is 11.7 Å². The van der Waals surface area contributed by atoms with E-state index in [1.165, 1.54) is 6.20 Å². The second kappa shape index (κ2) is 10.6. The molecule has 1 N–H and O–H groups in total. The van der Waals surface area contributed by atoms with Crippen LogP contribution in [-0.2, 0) is 4.74 Å². The molecule has 8 nitrogen and oxygen atoms in total. The number of nitrogens with zero attached hydrogens (tertiary/aromatic N) is 5. The SMILES string of the molecule is Cc1ncc(-c2nc(NC3CCN(CC(=O)c4ccccc4)CC3)ncc2F)n1C1CCOCC1. The van der Waals surface area contributed by atoms with E-state index in [1.54, 1.807) is 6.20 Å². The number of nitrogens with one attached hydrogen (secondary N) is 1. The van der Waals surface area contributed by atoms with Crippen LogP contribution in [0.15, 0.2) is 42.7 Å². The highest BCUT2D eigenvalue weighted by atomic mass is 19.1. The van der Waals surface area contributed by atoms with Crippen molar-refractivity contribution in [2.75, 3.05) is 38.2 Å². The number of piperidine rings is 1. The number of Topliss-reactive ketones (excluding diaryl/α,β-unsaturated/α-hetero) is 1. The highest BCUT2D eigenvalue weighted by molar-refractivity contribution is 5.97. The van der Waals surface area contributed by atoms with Gasteiger partial charge in [-0.1, -0.05) is 30.3 Å². The van der Waals surface area contributed by atoms with Crippen molar-refractivity contribution in [3.8, 4) is 11.4 Å². The van der Waals surface area contributed by atoms with Gasteiger partial charge in [0.25, 0.3) is 0 Å². The molecule has 2 aromatic heterocycles. The maximum absolute atomic E-state index is 14.8. The molecular formula is C26H31FN6O2. The summed E-state index contributed by atoms with van der Waals surface area (Å²) in [7, 11) is 0. The summed E-state index contributed by atoms with van der Waals surface area (Å²) in [6.45, 7) is 5.35. The molecule has 0 radical (unpaired) electrons. The highest BCUT2D eigenvalue weighted by Gasteiger charge is 2.25. The van der Waals surface area contributed by atoms with Gasteiger partial charge in [0.15, 0.2) is 11.6 Å². The fourth-order valence-electron chi connectivity index (χ4n) is 4.99. The molecule has 0 spiro atoms. The van der Waals surface area contributed by atoms with Gasteiger partial charge >= 0.3 is 0 Å². The lowest BCUT2D eigenvalue weighted by Gasteiger charge is -2.32. The first-order chi connectivity index (χ1) is 17.1. The van der Waals surface area contributed by atoms with Crippen molar-refractivity contribution < 1.29 is 13.9 Å². The fraction of sp³-hybridized carbons (Fsp3) is 0.462. The van der Waals surface area contributed by atoms with Crippen LogP contribution in [0.3, 0.4) is 0 Å². The normalized spacial score (nSPS) is 18.0. The number of halogens is 1. The van der Waals surface area contributed by atoms with Crippen molar-refractivity contribution in [1.29, 1.82) is 0 Å². The average molecular weight is 479 g/mol. The van der Waals surface area contributed by atoms with Crippen LogP contribution in [-0.4, -0.2) is 69.1 Å². The maximum atomic E-state index is 14.8. The Morgan fingerprint density at radius 1 is 1.09 bits per heavy atom. The van der Waals surface area contributed by atoms with Gasteiger partial charge in [0.1, 0.15) is 11.5 Å². The number of carbonyl (C=O) groups excluding carboxylic acids is 1. The third-order valence-electron chi connectivity index (χ3n) is 6.91. The summed E-state index contributed by atoms with van der Waals surface area (Å²) in [5, 5.41) is 3.38. The Labute approximate surface area is 204 Å². The summed E-state index contributed by atoms with van der Waals surface area (Å²) in [6, 6.07) is 9.78. The highest BCUT2D eigenvalue weighted by Crippen LogP contribution is 2.31. The molecule has 5 rings (SSSR count). The van der Waals surface area contributed by atoms with Crippen molar-refractivity contribution in [2.24, 2.45) is 0 Å². The van der Waals surface area contributed by atoms with E-state index in [1.807, 2.05) is 37.3 Å². The Morgan fingerprint density at radius 3 is 2.57 bits per heavy atom. The van der Waals surface area contributed by atoms with Gasteiger partial charge in [-0.2, -0.15) is 0 Å². The van der Waals surface area contributed by atoms with Gasteiger partial charge in [-0.25, -0.2) is 19.3 Å². The van der Waals surface area contributed by atoms with E-state index in [4.69, 9.17) is 4.74 Å². The molecule has 4 heterocycles. The van der Waals surface area contributed by atoms with Crippen LogP contribution in [0.2, 0.25) is 0 Å². The van der Waals surface area contributed by atoms with Crippen LogP contribution in [0.1, 0.15) is 47.9 Å². The molecule has 184 valence electrons. The number of ether oxygens (including phenoxy) is 1. The smallest absolute Gasteiger partial charge is 0.223 e. The minimum atomic E-state index is -0.460. The van der Waals surface area contributed by atoms with Gasteiger partial charge in [0.2, 0.25) is 5.95 Å². The second-order valence-corrected chi connectivity index (χ2v) is 9.28. The quantitative estimate of drug-likeness (QED) is 0.516. The third-order valence-corrected chi connectivity index (χ3v) is 6.91. The molecule has 9 heteroatoms. The number of anilines is 1. The van der Waals surface area contributed by atoms with Gasteiger partial charge in [-0.05, 0) is 32.6 Å². The monoisotopic (exact) mass is 478 g/mol. The van der Waals surface area contributed by atoms with Crippen molar-refractivity contribution in [2.45, 2.75) is 44.7 Å². The standard InChI is InChI=1S/C26H31FN6O2/c1-18-28-16-23(33(18)21-9-13-35-14-10-21)25-22(27)15-29-26(31-25)30-20-7-11-32(12-8-20)17-24(34)19-5-3-2-4-6-19/h2-6,15-16,20-21H,7-14,17H2,1H3,(H,29,30,31).